The molecule has 2 aromatic rings. The Morgan fingerprint density at radius 2 is 1.71 bits per heavy atom. The van der Waals surface area contributed by atoms with Gasteiger partial charge in [0.1, 0.15) is 0 Å². The van der Waals surface area contributed by atoms with Gasteiger partial charge in [-0.15, -0.1) is 0 Å². The zero-order valence-corrected chi connectivity index (χ0v) is 12.5. The average molecular weight is 289 g/mol. The van der Waals surface area contributed by atoms with E-state index in [0.717, 1.165) is 30.5 Å². The first-order valence-electron chi connectivity index (χ1n) is 7.42. The van der Waals surface area contributed by atoms with Gasteiger partial charge in [-0.2, -0.15) is 0 Å². The molecular weight excluding hydrogens is 268 g/mol. The number of nitrogens with one attached hydrogen (secondary N) is 1. The van der Waals surface area contributed by atoms with E-state index >= 15 is 0 Å². The largest absolute Gasteiger partial charge is 0.307 e. The molecule has 0 aliphatic carbocycles. The summed E-state index contributed by atoms with van der Waals surface area (Å²) in [6.45, 7) is 4.90. The van der Waals surface area contributed by atoms with E-state index < -0.39 is 11.6 Å². The molecule has 1 N–H and O–H groups in total. The summed E-state index contributed by atoms with van der Waals surface area (Å²) in [6, 6.07) is 12.2. The lowest BCUT2D eigenvalue weighted by Crippen LogP contribution is -2.22. The van der Waals surface area contributed by atoms with Crippen LogP contribution in [0.15, 0.2) is 42.5 Å². The quantitative estimate of drug-likeness (QED) is 0.818. The highest BCUT2D eigenvalue weighted by Crippen LogP contribution is 2.24. The van der Waals surface area contributed by atoms with E-state index in [1.807, 2.05) is 19.1 Å². The van der Waals surface area contributed by atoms with Crippen LogP contribution in [0.5, 0.6) is 0 Å². The minimum Gasteiger partial charge on any atom is -0.307 e. The summed E-state index contributed by atoms with van der Waals surface area (Å²) >= 11 is 0. The number of hydrogen-bond donors (Lipinski definition) is 1. The molecule has 0 radical (unpaired) electrons. The van der Waals surface area contributed by atoms with Gasteiger partial charge in [0.15, 0.2) is 11.6 Å². The van der Waals surface area contributed by atoms with Crippen molar-refractivity contribution in [1.29, 1.82) is 0 Å². The number of aryl methyl sites for hydroxylation is 1. The minimum absolute atomic E-state index is 0.123. The van der Waals surface area contributed by atoms with Gasteiger partial charge in [0, 0.05) is 0 Å². The van der Waals surface area contributed by atoms with Crippen LogP contribution in [0.4, 0.5) is 8.78 Å². The van der Waals surface area contributed by atoms with Crippen LogP contribution < -0.4 is 5.32 Å². The number of hydrogen-bond acceptors (Lipinski definition) is 1. The second-order valence-corrected chi connectivity index (χ2v) is 5.16. The van der Waals surface area contributed by atoms with E-state index in [1.165, 1.54) is 17.7 Å². The van der Waals surface area contributed by atoms with Crippen molar-refractivity contribution in [2.75, 3.05) is 6.54 Å². The second-order valence-electron chi connectivity index (χ2n) is 5.16. The van der Waals surface area contributed by atoms with E-state index in [0.29, 0.717) is 0 Å². The fraction of sp³-hybridized carbons (Fsp3) is 0.333. The van der Waals surface area contributed by atoms with Crippen LogP contribution in [0.25, 0.3) is 0 Å². The Morgan fingerprint density at radius 3 is 2.38 bits per heavy atom. The lowest BCUT2D eigenvalue weighted by molar-refractivity contribution is 0.504. The standard InChI is InChI=1S/C18H21F2N/c1-3-6-13-7-5-8-14(11-13)18(21-4-2)15-9-10-16(19)17(20)12-15/h5,7-12,18,21H,3-4,6H2,1-2H3. The van der Waals surface area contributed by atoms with Crippen molar-refractivity contribution in [2.24, 2.45) is 0 Å². The van der Waals surface area contributed by atoms with Crippen molar-refractivity contribution in [3.8, 4) is 0 Å². The van der Waals surface area contributed by atoms with Crippen LogP contribution in [-0.2, 0) is 6.42 Å². The van der Waals surface area contributed by atoms with Crippen molar-refractivity contribution >= 4 is 0 Å². The first-order chi connectivity index (χ1) is 10.2. The third-order valence-electron chi connectivity index (χ3n) is 3.51. The molecule has 2 aromatic carbocycles. The van der Waals surface area contributed by atoms with Crippen LogP contribution >= 0.6 is 0 Å². The van der Waals surface area contributed by atoms with Gasteiger partial charge >= 0.3 is 0 Å². The molecule has 0 aliphatic rings. The lowest BCUT2D eigenvalue weighted by atomic mass is 9.96. The average Bonchev–Trinajstić information content (AvgIpc) is 2.48. The minimum atomic E-state index is -0.811. The topological polar surface area (TPSA) is 12.0 Å². The van der Waals surface area contributed by atoms with Gasteiger partial charge in [-0.05, 0) is 41.8 Å². The Labute approximate surface area is 125 Å². The summed E-state index contributed by atoms with van der Waals surface area (Å²) in [4.78, 5) is 0. The Bertz CT molecular complexity index is 596. The van der Waals surface area contributed by atoms with Crippen molar-refractivity contribution in [2.45, 2.75) is 32.7 Å². The molecule has 0 saturated heterocycles. The maximum atomic E-state index is 13.5. The smallest absolute Gasteiger partial charge is 0.159 e. The molecule has 0 bridgehead atoms. The van der Waals surface area contributed by atoms with E-state index in [1.54, 1.807) is 6.07 Å². The predicted octanol–water partition coefficient (Wildman–Crippen LogP) is 4.62. The fourth-order valence-electron chi connectivity index (χ4n) is 2.54. The van der Waals surface area contributed by atoms with Crippen LogP contribution in [0.1, 0.15) is 43.0 Å². The molecule has 0 fully saturated rings. The first kappa shape index (κ1) is 15.6. The van der Waals surface area contributed by atoms with Crippen LogP contribution in [0.2, 0.25) is 0 Å². The summed E-state index contributed by atoms with van der Waals surface area (Å²) < 4.78 is 26.6. The fourth-order valence-corrected chi connectivity index (χ4v) is 2.54. The summed E-state index contributed by atoms with van der Waals surface area (Å²) in [6.07, 6.45) is 2.10. The van der Waals surface area contributed by atoms with Gasteiger partial charge in [0.2, 0.25) is 0 Å². The molecule has 1 nitrogen and oxygen atoms in total. The molecule has 0 spiro atoms. The summed E-state index contributed by atoms with van der Waals surface area (Å²) in [5.74, 6) is -1.62. The maximum Gasteiger partial charge on any atom is 0.159 e. The molecule has 1 unspecified atom stereocenters. The molecule has 2 rings (SSSR count). The predicted molar refractivity (Wildman–Crippen MR) is 82.3 cm³/mol. The van der Waals surface area contributed by atoms with Gasteiger partial charge in [-0.25, -0.2) is 8.78 Å². The first-order valence-corrected chi connectivity index (χ1v) is 7.42. The SMILES string of the molecule is CCCc1cccc(C(NCC)c2ccc(F)c(F)c2)c1. The zero-order chi connectivity index (χ0) is 15.2. The summed E-state index contributed by atoms with van der Waals surface area (Å²) in [7, 11) is 0. The van der Waals surface area contributed by atoms with Crippen LogP contribution in [0, 0.1) is 11.6 Å². The molecule has 0 aliphatic heterocycles. The Kier molecular flexibility index (Phi) is 5.45. The molecular formula is C18H21F2N. The van der Waals surface area contributed by atoms with Gasteiger partial charge in [0.25, 0.3) is 0 Å². The lowest BCUT2D eigenvalue weighted by Gasteiger charge is -2.20. The molecule has 0 aromatic heterocycles. The Hall–Kier alpha value is -1.74. The third-order valence-corrected chi connectivity index (χ3v) is 3.51. The van der Waals surface area contributed by atoms with Crippen LogP contribution in [0.3, 0.4) is 0 Å². The summed E-state index contributed by atoms with van der Waals surface area (Å²) in [5.41, 5.74) is 3.08. The van der Waals surface area contributed by atoms with E-state index in [2.05, 4.69) is 24.4 Å². The van der Waals surface area contributed by atoms with Gasteiger partial charge in [0.05, 0.1) is 6.04 Å². The molecule has 0 saturated carbocycles. The highest BCUT2D eigenvalue weighted by molar-refractivity contribution is 5.35. The highest BCUT2D eigenvalue weighted by atomic mass is 19.2. The van der Waals surface area contributed by atoms with E-state index in [4.69, 9.17) is 0 Å². The molecule has 112 valence electrons. The van der Waals surface area contributed by atoms with Crippen molar-refractivity contribution in [3.05, 3.63) is 70.8 Å². The van der Waals surface area contributed by atoms with E-state index in [-0.39, 0.29) is 6.04 Å². The highest BCUT2D eigenvalue weighted by Gasteiger charge is 2.15. The monoisotopic (exact) mass is 289 g/mol. The summed E-state index contributed by atoms with van der Waals surface area (Å²) in [5, 5.41) is 3.34. The van der Waals surface area contributed by atoms with Gasteiger partial charge in [-0.3, -0.25) is 0 Å². The van der Waals surface area contributed by atoms with E-state index in [9.17, 15) is 8.78 Å². The Balaban J connectivity index is 2.37. The molecule has 3 heteroatoms. The molecule has 0 amide bonds. The molecule has 21 heavy (non-hydrogen) atoms. The van der Waals surface area contributed by atoms with Crippen molar-refractivity contribution in [1.82, 2.24) is 5.32 Å². The molecule has 0 heterocycles. The van der Waals surface area contributed by atoms with Crippen LogP contribution in [-0.4, -0.2) is 6.54 Å². The maximum absolute atomic E-state index is 13.5. The third kappa shape index (κ3) is 3.88. The van der Waals surface area contributed by atoms with Gasteiger partial charge < -0.3 is 5.32 Å². The number of rotatable bonds is 6. The molecule has 1 atom stereocenters. The Morgan fingerprint density at radius 1 is 0.952 bits per heavy atom. The van der Waals surface area contributed by atoms with Crippen molar-refractivity contribution in [3.63, 3.8) is 0 Å². The van der Waals surface area contributed by atoms with Gasteiger partial charge in [-0.1, -0.05) is 50.6 Å². The number of halogens is 2. The van der Waals surface area contributed by atoms with Crippen molar-refractivity contribution < 1.29 is 8.78 Å². The second kappa shape index (κ2) is 7.32. The zero-order valence-electron chi connectivity index (χ0n) is 12.5. The number of benzene rings is 2. The normalized spacial score (nSPS) is 12.4.